The fraction of sp³-hybridized carbons (Fsp3) is 0.833. The number of sulfone groups is 1. The highest BCUT2D eigenvalue weighted by Gasteiger charge is 2.41. The predicted molar refractivity (Wildman–Crippen MR) is 42.6 cm³/mol. The van der Waals surface area contributed by atoms with Crippen molar-refractivity contribution < 1.29 is 23.4 Å². The maximum atomic E-state index is 10.9. The predicted octanol–water partition coefficient (Wildman–Crippen LogP) is -0.745. The minimum atomic E-state index is -3.77. The third-order valence-corrected chi connectivity index (χ3v) is 2.93. The van der Waals surface area contributed by atoms with Gasteiger partial charge in [0.05, 0.1) is 5.60 Å². The van der Waals surface area contributed by atoms with Gasteiger partial charge >= 0.3 is 5.97 Å². The molecule has 12 heavy (non-hydrogen) atoms. The Labute approximate surface area is 70.9 Å². The lowest BCUT2D eigenvalue weighted by molar-refractivity contribution is -0.140. The highest BCUT2D eigenvalue weighted by atomic mass is 32.2. The molecule has 0 saturated heterocycles. The van der Waals surface area contributed by atoms with Crippen LogP contribution in [0.3, 0.4) is 0 Å². The van der Waals surface area contributed by atoms with Gasteiger partial charge in [-0.15, -0.1) is 0 Å². The van der Waals surface area contributed by atoms with E-state index >= 15 is 0 Å². The van der Waals surface area contributed by atoms with E-state index in [9.17, 15) is 18.3 Å². The SMILES string of the molecule is CC(C)(O)[C@H](C(=O)O)S(C)(=O)=O. The molecule has 0 aliphatic carbocycles. The van der Waals surface area contributed by atoms with Crippen molar-refractivity contribution in [2.24, 2.45) is 0 Å². The Morgan fingerprint density at radius 3 is 1.75 bits per heavy atom. The van der Waals surface area contributed by atoms with Crippen LogP contribution in [-0.2, 0) is 14.6 Å². The van der Waals surface area contributed by atoms with Crippen LogP contribution >= 0.6 is 0 Å². The minimum Gasteiger partial charge on any atom is -0.480 e. The fourth-order valence-electron chi connectivity index (χ4n) is 1.01. The number of carboxylic acids is 1. The van der Waals surface area contributed by atoms with Crippen LogP contribution in [-0.4, -0.2) is 41.7 Å². The second kappa shape index (κ2) is 3.02. The highest BCUT2D eigenvalue weighted by Crippen LogP contribution is 2.16. The van der Waals surface area contributed by atoms with E-state index in [0.29, 0.717) is 0 Å². The molecule has 2 N–H and O–H groups in total. The highest BCUT2D eigenvalue weighted by molar-refractivity contribution is 7.92. The largest absolute Gasteiger partial charge is 0.480 e. The molecular weight excluding hydrogens is 184 g/mol. The van der Waals surface area contributed by atoms with Gasteiger partial charge in [-0.05, 0) is 13.8 Å². The number of aliphatic carboxylic acids is 1. The second-order valence-electron chi connectivity index (χ2n) is 3.20. The zero-order valence-corrected chi connectivity index (χ0v) is 7.92. The van der Waals surface area contributed by atoms with Gasteiger partial charge in [-0.3, -0.25) is 4.79 Å². The van der Waals surface area contributed by atoms with E-state index in [1.807, 2.05) is 0 Å². The van der Waals surface area contributed by atoms with E-state index in [-0.39, 0.29) is 0 Å². The van der Waals surface area contributed by atoms with E-state index in [1.54, 1.807) is 0 Å². The molecule has 0 amide bonds. The van der Waals surface area contributed by atoms with Gasteiger partial charge in [0.15, 0.2) is 15.1 Å². The Kier molecular flexibility index (Phi) is 2.87. The summed E-state index contributed by atoms with van der Waals surface area (Å²) in [6, 6.07) is 0. The molecule has 0 heterocycles. The monoisotopic (exact) mass is 196 g/mol. The van der Waals surface area contributed by atoms with E-state index in [4.69, 9.17) is 5.11 Å². The van der Waals surface area contributed by atoms with Crippen LogP contribution in [0.25, 0.3) is 0 Å². The Morgan fingerprint density at radius 1 is 1.42 bits per heavy atom. The maximum Gasteiger partial charge on any atom is 0.324 e. The Bertz CT molecular complexity index is 271. The minimum absolute atomic E-state index is 0.782. The molecular formula is C6H12O5S. The first-order valence-electron chi connectivity index (χ1n) is 3.21. The van der Waals surface area contributed by atoms with Gasteiger partial charge in [0.25, 0.3) is 0 Å². The van der Waals surface area contributed by atoms with Gasteiger partial charge in [0.2, 0.25) is 0 Å². The Morgan fingerprint density at radius 2 is 1.75 bits per heavy atom. The molecule has 0 aromatic heterocycles. The smallest absolute Gasteiger partial charge is 0.324 e. The van der Waals surface area contributed by atoms with Gasteiger partial charge in [-0.25, -0.2) is 8.42 Å². The maximum absolute atomic E-state index is 10.9. The van der Waals surface area contributed by atoms with E-state index in [1.165, 1.54) is 0 Å². The lowest BCUT2D eigenvalue weighted by atomic mass is 10.1. The van der Waals surface area contributed by atoms with Crippen LogP contribution in [0.5, 0.6) is 0 Å². The Balaban J connectivity index is 5.11. The van der Waals surface area contributed by atoms with Gasteiger partial charge < -0.3 is 10.2 Å². The summed E-state index contributed by atoms with van der Waals surface area (Å²) in [5.41, 5.74) is -1.76. The molecule has 0 radical (unpaired) electrons. The van der Waals surface area contributed by atoms with Crippen LogP contribution in [0, 0.1) is 0 Å². The normalized spacial score (nSPS) is 15.7. The Hall–Kier alpha value is -0.620. The van der Waals surface area contributed by atoms with Gasteiger partial charge in [-0.2, -0.15) is 0 Å². The number of aliphatic hydroxyl groups is 1. The molecule has 0 fully saturated rings. The second-order valence-corrected chi connectivity index (χ2v) is 5.33. The molecule has 0 rings (SSSR count). The molecule has 1 atom stereocenters. The van der Waals surface area contributed by atoms with E-state index in [0.717, 1.165) is 20.1 Å². The summed E-state index contributed by atoms with van der Waals surface area (Å²) in [5, 5.41) is 16.0. The molecule has 0 unspecified atom stereocenters. The zero-order chi connectivity index (χ0) is 10.2. The summed E-state index contributed by atoms with van der Waals surface area (Å²) < 4.78 is 21.8. The van der Waals surface area contributed by atoms with Crippen molar-refractivity contribution in [3.8, 4) is 0 Å². The molecule has 0 bridgehead atoms. The van der Waals surface area contributed by atoms with E-state index < -0.39 is 26.7 Å². The van der Waals surface area contributed by atoms with Crippen LogP contribution in [0.15, 0.2) is 0 Å². The summed E-state index contributed by atoms with van der Waals surface area (Å²) in [7, 11) is -3.77. The number of carbonyl (C=O) groups is 1. The van der Waals surface area contributed by atoms with Gasteiger partial charge in [0, 0.05) is 6.26 Å². The standard InChI is InChI=1S/C6H12O5S/c1-6(2,9)4(5(7)8)12(3,10)11/h4,9H,1-3H3,(H,7,8)/t4-/m0/s1. The number of carboxylic acid groups (broad SMARTS) is 1. The van der Waals surface area contributed by atoms with Crippen molar-refractivity contribution in [2.75, 3.05) is 6.26 Å². The van der Waals surface area contributed by atoms with Crippen LogP contribution < -0.4 is 0 Å². The molecule has 0 saturated carbocycles. The zero-order valence-electron chi connectivity index (χ0n) is 7.10. The van der Waals surface area contributed by atoms with Crippen LogP contribution in [0.2, 0.25) is 0 Å². The van der Waals surface area contributed by atoms with Gasteiger partial charge in [-0.1, -0.05) is 0 Å². The van der Waals surface area contributed by atoms with Crippen molar-refractivity contribution in [1.29, 1.82) is 0 Å². The lowest BCUT2D eigenvalue weighted by Gasteiger charge is -2.23. The average molecular weight is 196 g/mol. The summed E-state index contributed by atoms with van der Waals surface area (Å²) in [6.07, 6.45) is 0.782. The molecule has 72 valence electrons. The third-order valence-electron chi connectivity index (χ3n) is 1.29. The first-order valence-corrected chi connectivity index (χ1v) is 5.16. The number of hydrogen-bond donors (Lipinski definition) is 2. The molecule has 0 spiro atoms. The van der Waals surface area contributed by atoms with Crippen molar-refractivity contribution in [3.05, 3.63) is 0 Å². The summed E-state index contributed by atoms with van der Waals surface area (Å²) in [6.45, 7) is 2.29. The van der Waals surface area contributed by atoms with Crippen LogP contribution in [0.1, 0.15) is 13.8 Å². The van der Waals surface area contributed by atoms with Crippen molar-refractivity contribution in [3.63, 3.8) is 0 Å². The molecule has 5 nitrogen and oxygen atoms in total. The lowest BCUT2D eigenvalue weighted by Crippen LogP contribution is -2.47. The van der Waals surface area contributed by atoms with Crippen molar-refractivity contribution >= 4 is 15.8 Å². The van der Waals surface area contributed by atoms with Crippen molar-refractivity contribution in [1.82, 2.24) is 0 Å². The first-order chi connectivity index (χ1) is 5.07. The number of hydrogen-bond acceptors (Lipinski definition) is 4. The average Bonchev–Trinajstić information content (AvgIpc) is 1.49. The summed E-state index contributed by atoms with van der Waals surface area (Å²) in [4.78, 5) is 10.5. The molecule has 0 aromatic carbocycles. The molecule has 0 aliphatic rings. The van der Waals surface area contributed by atoms with Crippen molar-refractivity contribution in [2.45, 2.75) is 24.7 Å². The fourth-order valence-corrected chi connectivity index (χ4v) is 2.42. The molecule has 6 heteroatoms. The number of rotatable bonds is 3. The summed E-state index contributed by atoms with van der Waals surface area (Å²) in [5.74, 6) is -1.54. The molecule has 0 aromatic rings. The quantitative estimate of drug-likeness (QED) is 0.620. The van der Waals surface area contributed by atoms with Gasteiger partial charge in [0.1, 0.15) is 0 Å². The topological polar surface area (TPSA) is 91.7 Å². The van der Waals surface area contributed by atoms with Crippen LogP contribution in [0.4, 0.5) is 0 Å². The molecule has 0 aliphatic heterocycles. The third kappa shape index (κ3) is 2.78. The first kappa shape index (κ1) is 11.4. The summed E-state index contributed by atoms with van der Waals surface area (Å²) >= 11 is 0. The van der Waals surface area contributed by atoms with E-state index in [2.05, 4.69) is 0 Å².